The maximum atomic E-state index is 10.4. The number of fused-ring (bicyclic) bond motifs is 1. The molecule has 0 unspecified atom stereocenters. The molecule has 3 rings (SSSR count). The van der Waals surface area contributed by atoms with Gasteiger partial charge >= 0.3 is 0 Å². The van der Waals surface area contributed by atoms with E-state index in [0.717, 1.165) is 18.4 Å². The minimum atomic E-state index is -2.55. The van der Waals surface area contributed by atoms with E-state index in [4.69, 9.17) is 0 Å². The molecule has 90 valence electrons. The van der Waals surface area contributed by atoms with Gasteiger partial charge in [0.15, 0.2) is 0 Å². The largest absolute Gasteiger partial charge is 0.256 e. The van der Waals surface area contributed by atoms with E-state index in [1.807, 2.05) is 30.5 Å². The molecular weight excluding hydrogens is 234 g/mol. The quantitative estimate of drug-likeness (QED) is 0.720. The number of hydrogen-bond acceptors (Lipinski definition) is 3. The standard InChI is InChI=1S/C9H7N.C4H8O2S/c1-2-6-9-8(4-1)5-3-7-10-9;5-7(6)3-1-2-4-7/h1-7H;1-4H2. The van der Waals surface area contributed by atoms with Crippen LogP contribution in [0.25, 0.3) is 10.9 Å². The van der Waals surface area contributed by atoms with Gasteiger partial charge in [-0.3, -0.25) is 4.98 Å². The molecule has 0 radical (unpaired) electrons. The lowest BCUT2D eigenvalue weighted by atomic mass is 10.2. The smallest absolute Gasteiger partial charge is 0.150 e. The van der Waals surface area contributed by atoms with Gasteiger partial charge in [-0.25, -0.2) is 8.42 Å². The number of rotatable bonds is 0. The summed E-state index contributed by atoms with van der Waals surface area (Å²) in [5.74, 6) is 0.847. The Morgan fingerprint density at radius 2 is 1.59 bits per heavy atom. The summed E-state index contributed by atoms with van der Waals surface area (Å²) < 4.78 is 20.9. The maximum Gasteiger partial charge on any atom is 0.150 e. The predicted molar refractivity (Wildman–Crippen MR) is 69.6 cm³/mol. The monoisotopic (exact) mass is 249 g/mol. The SMILES string of the molecule is O=S1(=O)CCCC1.c1ccc2ncccc2c1. The van der Waals surface area contributed by atoms with Crippen molar-refractivity contribution in [1.29, 1.82) is 0 Å². The Balaban J connectivity index is 0.000000136. The summed E-state index contributed by atoms with van der Waals surface area (Å²) in [7, 11) is -2.55. The van der Waals surface area contributed by atoms with Crippen molar-refractivity contribution >= 4 is 20.7 Å². The molecule has 0 N–H and O–H groups in total. The van der Waals surface area contributed by atoms with Gasteiger partial charge in [0.25, 0.3) is 0 Å². The summed E-state index contributed by atoms with van der Waals surface area (Å²) in [5.41, 5.74) is 1.06. The molecule has 0 spiro atoms. The summed E-state index contributed by atoms with van der Waals surface area (Å²) in [6, 6.07) is 12.1. The molecule has 2 heterocycles. The zero-order valence-electron chi connectivity index (χ0n) is 9.54. The van der Waals surface area contributed by atoms with E-state index in [9.17, 15) is 8.42 Å². The number of nitrogens with zero attached hydrogens (tertiary/aromatic N) is 1. The Kier molecular flexibility index (Phi) is 3.74. The average molecular weight is 249 g/mol. The van der Waals surface area contributed by atoms with Gasteiger partial charge < -0.3 is 0 Å². The molecule has 4 heteroatoms. The molecule has 1 saturated heterocycles. The lowest BCUT2D eigenvalue weighted by Gasteiger charge is -1.91. The Bertz CT molecular complexity index is 516. The van der Waals surface area contributed by atoms with Gasteiger partial charge in [-0.2, -0.15) is 0 Å². The topological polar surface area (TPSA) is 47.0 Å². The normalized spacial score (nSPS) is 17.4. The van der Waals surface area contributed by atoms with E-state index in [1.165, 1.54) is 5.39 Å². The highest BCUT2D eigenvalue weighted by Gasteiger charge is 2.16. The van der Waals surface area contributed by atoms with Crippen molar-refractivity contribution in [2.75, 3.05) is 11.5 Å². The maximum absolute atomic E-state index is 10.4. The van der Waals surface area contributed by atoms with Crippen LogP contribution in [0.1, 0.15) is 12.8 Å². The molecule has 0 atom stereocenters. The van der Waals surface area contributed by atoms with Crippen LogP contribution in [0.2, 0.25) is 0 Å². The summed E-state index contributed by atoms with van der Waals surface area (Å²) in [6.07, 6.45) is 3.56. The predicted octanol–water partition coefficient (Wildman–Crippen LogP) is 2.43. The lowest BCUT2D eigenvalue weighted by Crippen LogP contribution is -1.98. The third kappa shape index (κ3) is 3.53. The van der Waals surface area contributed by atoms with Crippen molar-refractivity contribution in [2.45, 2.75) is 12.8 Å². The molecule has 17 heavy (non-hydrogen) atoms. The van der Waals surface area contributed by atoms with Crippen LogP contribution in [-0.4, -0.2) is 24.9 Å². The van der Waals surface area contributed by atoms with Gasteiger partial charge in [0.1, 0.15) is 9.84 Å². The number of benzene rings is 1. The summed E-state index contributed by atoms with van der Waals surface area (Å²) in [4.78, 5) is 4.18. The Labute approximate surface area is 101 Å². The first kappa shape index (κ1) is 12.0. The summed E-state index contributed by atoms with van der Waals surface area (Å²) in [6.45, 7) is 0. The first-order valence-corrected chi connectivity index (χ1v) is 7.50. The van der Waals surface area contributed by atoms with E-state index in [2.05, 4.69) is 17.1 Å². The first-order chi connectivity index (χ1) is 8.17. The average Bonchev–Trinajstić information content (AvgIpc) is 2.75. The summed E-state index contributed by atoms with van der Waals surface area (Å²) >= 11 is 0. The van der Waals surface area contributed by atoms with Gasteiger partial charge in [0.2, 0.25) is 0 Å². The van der Waals surface area contributed by atoms with Gasteiger partial charge in [-0.15, -0.1) is 0 Å². The van der Waals surface area contributed by atoms with Crippen LogP contribution in [0.4, 0.5) is 0 Å². The number of para-hydroxylation sites is 1. The molecule has 3 nitrogen and oxygen atoms in total. The third-order valence-corrected chi connectivity index (χ3v) is 4.49. The molecule has 1 fully saturated rings. The van der Waals surface area contributed by atoms with Crippen LogP contribution >= 0.6 is 0 Å². The molecule has 0 bridgehead atoms. The minimum absolute atomic E-state index is 0.424. The molecule has 0 aliphatic carbocycles. The van der Waals surface area contributed by atoms with Crippen LogP contribution in [-0.2, 0) is 9.84 Å². The number of hydrogen-bond donors (Lipinski definition) is 0. The second-order valence-corrected chi connectivity index (χ2v) is 6.36. The highest BCUT2D eigenvalue weighted by Crippen LogP contribution is 2.08. The zero-order valence-corrected chi connectivity index (χ0v) is 10.4. The van der Waals surface area contributed by atoms with Gasteiger partial charge in [-0.1, -0.05) is 24.3 Å². The van der Waals surface area contributed by atoms with Crippen LogP contribution in [0.15, 0.2) is 42.6 Å². The van der Waals surface area contributed by atoms with E-state index in [-0.39, 0.29) is 0 Å². The van der Waals surface area contributed by atoms with Gasteiger partial charge in [0, 0.05) is 11.6 Å². The first-order valence-electron chi connectivity index (χ1n) is 5.68. The molecule has 1 aliphatic heterocycles. The fourth-order valence-corrected chi connectivity index (χ4v) is 3.25. The zero-order chi connectivity index (χ0) is 12.1. The van der Waals surface area contributed by atoms with Crippen molar-refractivity contribution in [2.24, 2.45) is 0 Å². The lowest BCUT2D eigenvalue weighted by molar-refractivity contribution is 0.602. The number of pyridine rings is 1. The number of sulfone groups is 1. The second-order valence-electron chi connectivity index (χ2n) is 4.06. The van der Waals surface area contributed by atoms with Crippen LogP contribution in [0.3, 0.4) is 0 Å². The van der Waals surface area contributed by atoms with Crippen LogP contribution < -0.4 is 0 Å². The van der Waals surface area contributed by atoms with Crippen molar-refractivity contribution < 1.29 is 8.42 Å². The third-order valence-electron chi connectivity index (χ3n) is 2.67. The molecule has 1 aromatic heterocycles. The van der Waals surface area contributed by atoms with E-state index in [1.54, 1.807) is 0 Å². The van der Waals surface area contributed by atoms with Crippen molar-refractivity contribution in [3.63, 3.8) is 0 Å². The molecular formula is C13H15NO2S. The van der Waals surface area contributed by atoms with Crippen molar-refractivity contribution in [3.05, 3.63) is 42.6 Å². The fraction of sp³-hybridized carbons (Fsp3) is 0.308. The molecule has 0 saturated carbocycles. The highest BCUT2D eigenvalue weighted by molar-refractivity contribution is 7.91. The minimum Gasteiger partial charge on any atom is -0.256 e. The van der Waals surface area contributed by atoms with Crippen molar-refractivity contribution in [1.82, 2.24) is 4.98 Å². The van der Waals surface area contributed by atoms with Crippen LogP contribution in [0.5, 0.6) is 0 Å². The van der Waals surface area contributed by atoms with E-state index >= 15 is 0 Å². The fourth-order valence-electron chi connectivity index (χ4n) is 1.76. The number of aromatic nitrogens is 1. The second kappa shape index (κ2) is 5.27. The van der Waals surface area contributed by atoms with E-state index < -0.39 is 9.84 Å². The van der Waals surface area contributed by atoms with Crippen LogP contribution in [0, 0.1) is 0 Å². The Morgan fingerprint density at radius 3 is 2.18 bits per heavy atom. The molecule has 2 aromatic rings. The van der Waals surface area contributed by atoms with Crippen molar-refractivity contribution in [3.8, 4) is 0 Å². The molecule has 1 aromatic carbocycles. The molecule has 1 aliphatic rings. The summed E-state index contributed by atoms with van der Waals surface area (Å²) in [5, 5.41) is 1.20. The highest BCUT2D eigenvalue weighted by atomic mass is 32.2. The Morgan fingerprint density at radius 1 is 0.941 bits per heavy atom. The van der Waals surface area contributed by atoms with E-state index in [0.29, 0.717) is 11.5 Å². The molecule has 0 amide bonds. The van der Waals surface area contributed by atoms with Gasteiger partial charge in [-0.05, 0) is 25.0 Å². The van der Waals surface area contributed by atoms with Gasteiger partial charge in [0.05, 0.1) is 17.0 Å². The Hall–Kier alpha value is -1.42.